The Hall–Kier alpha value is -3.16. The number of aryl methyl sites for hydroxylation is 1. The van der Waals surface area contributed by atoms with E-state index in [9.17, 15) is 0 Å². The molecule has 7 heteroatoms. The Labute approximate surface area is 175 Å². The van der Waals surface area contributed by atoms with Crippen molar-refractivity contribution in [1.29, 1.82) is 0 Å². The molecular weight excluding hydrogens is 374 g/mol. The van der Waals surface area contributed by atoms with Crippen LogP contribution in [0.25, 0.3) is 11.0 Å². The van der Waals surface area contributed by atoms with Gasteiger partial charge in [-0.1, -0.05) is 18.2 Å². The molecule has 1 aliphatic rings. The number of pyridine rings is 1. The number of rotatable bonds is 6. The first-order valence-electron chi connectivity index (χ1n) is 10.4. The molecule has 1 atom stereocenters. The quantitative estimate of drug-likeness (QED) is 0.516. The lowest BCUT2D eigenvalue weighted by molar-refractivity contribution is 0.151. The molecule has 152 valence electrons. The van der Waals surface area contributed by atoms with E-state index in [0.717, 1.165) is 47.4 Å². The van der Waals surface area contributed by atoms with Gasteiger partial charge in [-0.25, -0.2) is 15.0 Å². The molecule has 0 aliphatic heterocycles. The summed E-state index contributed by atoms with van der Waals surface area (Å²) in [4.78, 5) is 24.2. The number of hydrogen-bond donors (Lipinski definition) is 2. The first-order chi connectivity index (χ1) is 14.8. The van der Waals surface area contributed by atoms with Gasteiger partial charge in [0.2, 0.25) is 0 Å². The standard InChI is InChI=1S/C23H25N7/c24-11-17-12-25-15-27-20(17)13-30(14-22-28-18-7-1-2-8-19(18)29-22)21-9-3-5-16-6-4-10-26-23(16)21/h1-2,4,6-8,10,12,15,21H,3,5,9,11,13-14,24H2,(H,28,29). The van der Waals surface area contributed by atoms with Crippen molar-refractivity contribution in [2.75, 3.05) is 0 Å². The van der Waals surface area contributed by atoms with Crippen LogP contribution in [0, 0.1) is 0 Å². The highest BCUT2D eigenvalue weighted by molar-refractivity contribution is 5.74. The summed E-state index contributed by atoms with van der Waals surface area (Å²) in [6.07, 6.45) is 8.60. The lowest BCUT2D eigenvalue weighted by Crippen LogP contribution is -2.32. The molecule has 3 heterocycles. The molecule has 0 bridgehead atoms. The van der Waals surface area contributed by atoms with Crippen LogP contribution in [0.4, 0.5) is 0 Å². The molecule has 4 aromatic rings. The van der Waals surface area contributed by atoms with Crippen LogP contribution in [0.5, 0.6) is 0 Å². The van der Waals surface area contributed by atoms with E-state index in [4.69, 9.17) is 15.7 Å². The summed E-state index contributed by atoms with van der Waals surface area (Å²) in [5, 5.41) is 0. The second kappa shape index (κ2) is 8.30. The van der Waals surface area contributed by atoms with Crippen molar-refractivity contribution in [3.05, 3.63) is 83.5 Å². The molecule has 1 aliphatic carbocycles. The summed E-state index contributed by atoms with van der Waals surface area (Å²) in [7, 11) is 0. The van der Waals surface area contributed by atoms with E-state index in [1.54, 1.807) is 6.33 Å². The van der Waals surface area contributed by atoms with Crippen molar-refractivity contribution >= 4 is 11.0 Å². The van der Waals surface area contributed by atoms with Gasteiger partial charge in [0.15, 0.2) is 0 Å². The van der Waals surface area contributed by atoms with E-state index < -0.39 is 0 Å². The van der Waals surface area contributed by atoms with E-state index in [2.05, 4.69) is 32.0 Å². The van der Waals surface area contributed by atoms with Crippen molar-refractivity contribution in [1.82, 2.24) is 29.8 Å². The second-order valence-corrected chi connectivity index (χ2v) is 7.76. The summed E-state index contributed by atoms with van der Waals surface area (Å²) in [5.41, 5.74) is 12.4. The Bertz CT molecular complexity index is 1120. The van der Waals surface area contributed by atoms with Crippen molar-refractivity contribution in [3.8, 4) is 0 Å². The van der Waals surface area contributed by atoms with Crippen molar-refractivity contribution in [3.63, 3.8) is 0 Å². The van der Waals surface area contributed by atoms with Crippen molar-refractivity contribution in [2.45, 2.75) is 44.9 Å². The number of nitrogens with two attached hydrogens (primary N) is 1. The fourth-order valence-electron chi connectivity index (χ4n) is 4.38. The molecule has 1 aromatic carbocycles. The lowest BCUT2D eigenvalue weighted by atomic mass is 9.90. The Morgan fingerprint density at radius 2 is 2.03 bits per heavy atom. The first kappa shape index (κ1) is 18.8. The fourth-order valence-corrected chi connectivity index (χ4v) is 4.38. The molecule has 30 heavy (non-hydrogen) atoms. The van der Waals surface area contributed by atoms with Gasteiger partial charge in [-0.2, -0.15) is 0 Å². The van der Waals surface area contributed by atoms with Gasteiger partial charge in [0.1, 0.15) is 12.2 Å². The number of para-hydroxylation sites is 2. The Balaban J connectivity index is 1.52. The van der Waals surface area contributed by atoms with Crippen LogP contribution in [-0.2, 0) is 26.1 Å². The highest BCUT2D eigenvalue weighted by Crippen LogP contribution is 2.34. The molecule has 0 spiro atoms. The predicted molar refractivity (Wildman–Crippen MR) is 115 cm³/mol. The molecule has 0 fully saturated rings. The fraction of sp³-hybridized carbons (Fsp3) is 0.304. The maximum atomic E-state index is 5.96. The van der Waals surface area contributed by atoms with Gasteiger partial charge >= 0.3 is 0 Å². The maximum absolute atomic E-state index is 5.96. The molecule has 0 saturated carbocycles. The third-order valence-corrected chi connectivity index (χ3v) is 5.85. The van der Waals surface area contributed by atoms with Gasteiger partial charge in [-0.05, 0) is 43.0 Å². The minimum absolute atomic E-state index is 0.212. The molecule has 1 unspecified atom stereocenters. The Morgan fingerprint density at radius 1 is 1.10 bits per heavy atom. The van der Waals surface area contributed by atoms with Gasteiger partial charge < -0.3 is 10.7 Å². The molecule has 0 saturated heterocycles. The number of imidazole rings is 1. The van der Waals surface area contributed by atoms with Crippen LogP contribution in [0.1, 0.15) is 47.2 Å². The number of nitrogens with one attached hydrogen (secondary N) is 1. The summed E-state index contributed by atoms with van der Waals surface area (Å²) in [5.74, 6) is 0.947. The largest absolute Gasteiger partial charge is 0.341 e. The third kappa shape index (κ3) is 3.69. The number of benzene rings is 1. The number of fused-ring (bicyclic) bond motifs is 2. The third-order valence-electron chi connectivity index (χ3n) is 5.85. The van der Waals surface area contributed by atoms with Crippen LogP contribution < -0.4 is 5.73 Å². The normalized spacial score (nSPS) is 16.1. The van der Waals surface area contributed by atoms with Crippen LogP contribution in [0.3, 0.4) is 0 Å². The van der Waals surface area contributed by atoms with Crippen LogP contribution in [0.15, 0.2) is 55.1 Å². The summed E-state index contributed by atoms with van der Waals surface area (Å²) < 4.78 is 0. The molecule has 3 N–H and O–H groups in total. The first-order valence-corrected chi connectivity index (χ1v) is 10.4. The smallest absolute Gasteiger partial charge is 0.121 e. The predicted octanol–water partition coefficient (Wildman–Crippen LogP) is 3.29. The monoisotopic (exact) mass is 399 g/mol. The zero-order chi connectivity index (χ0) is 20.3. The van der Waals surface area contributed by atoms with Gasteiger partial charge in [-0.15, -0.1) is 0 Å². The summed E-state index contributed by atoms with van der Waals surface area (Å²) in [6.45, 7) is 1.78. The molecule has 7 nitrogen and oxygen atoms in total. The van der Waals surface area contributed by atoms with Crippen molar-refractivity contribution < 1.29 is 0 Å². The number of hydrogen-bond acceptors (Lipinski definition) is 6. The van der Waals surface area contributed by atoms with Crippen LogP contribution in [0.2, 0.25) is 0 Å². The molecule has 0 amide bonds. The average Bonchev–Trinajstić information content (AvgIpc) is 3.21. The maximum Gasteiger partial charge on any atom is 0.121 e. The summed E-state index contributed by atoms with van der Waals surface area (Å²) in [6, 6.07) is 12.6. The Morgan fingerprint density at radius 3 is 2.93 bits per heavy atom. The zero-order valence-corrected chi connectivity index (χ0v) is 16.8. The van der Waals surface area contributed by atoms with E-state index in [1.165, 1.54) is 11.3 Å². The van der Waals surface area contributed by atoms with Gasteiger partial charge in [0.25, 0.3) is 0 Å². The number of aromatic amines is 1. The Kier molecular flexibility index (Phi) is 5.21. The van der Waals surface area contributed by atoms with E-state index in [1.807, 2.05) is 36.7 Å². The molecular formula is C23H25N7. The molecule has 3 aromatic heterocycles. The molecule has 5 rings (SSSR count). The van der Waals surface area contributed by atoms with E-state index in [0.29, 0.717) is 19.6 Å². The van der Waals surface area contributed by atoms with Crippen LogP contribution in [-0.4, -0.2) is 29.8 Å². The van der Waals surface area contributed by atoms with Crippen molar-refractivity contribution in [2.24, 2.45) is 5.73 Å². The van der Waals surface area contributed by atoms with Crippen LogP contribution >= 0.6 is 0 Å². The zero-order valence-electron chi connectivity index (χ0n) is 16.8. The second-order valence-electron chi connectivity index (χ2n) is 7.76. The van der Waals surface area contributed by atoms with Gasteiger partial charge in [-0.3, -0.25) is 9.88 Å². The average molecular weight is 400 g/mol. The highest BCUT2D eigenvalue weighted by Gasteiger charge is 2.28. The SMILES string of the molecule is NCc1cncnc1CN(Cc1nc2ccccc2[nH]1)C1CCCc2cccnc21. The lowest BCUT2D eigenvalue weighted by Gasteiger charge is -2.34. The van der Waals surface area contributed by atoms with Gasteiger partial charge in [0, 0.05) is 31.0 Å². The number of aromatic nitrogens is 5. The molecule has 0 radical (unpaired) electrons. The van der Waals surface area contributed by atoms with E-state index >= 15 is 0 Å². The summed E-state index contributed by atoms with van der Waals surface area (Å²) >= 11 is 0. The minimum Gasteiger partial charge on any atom is -0.341 e. The minimum atomic E-state index is 0.212. The van der Waals surface area contributed by atoms with E-state index in [-0.39, 0.29) is 6.04 Å². The topological polar surface area (TPSA) is 96.6 Å². The highest BCUT2D eigenvalue weighted by atomic mass is 15.2. The van der Waals surface area contributed by atoms with Gasteiger partial charge in [0.05, 0.1) is 35.0 Å². The number of nitrogens with zero attached hydrogens (tertiary/aromatic N) is 5. The number of H-pyrrole nitrogens is 1.